The van der Waals surface area contributed by atoms with Crippen molar-refractivity contribution in [1.82, 2.24) is 0 Å². The number of carbonyl (C=O) groups is 3. The predicted molar refractivity (Wildman–Crippen MR) is 91.7 cm³/mol. The largest absolute Gasteiger partial charge is 0.318 e. The van der Waals surface area contributed by atoms with Crippen molar-refractivity contribution in [2.24, 2.45) is 0 Å². The third kappa shape index (κ3) is 3.82. The lowest BCUT2D eigenvalue weighted by atomic mass is 10.2. The highest BCUT2D eigenvalue weighted by Gasteiger charge is 2.22. The maximum atomic E-state index is 13.5. The van der Waals surface area contributed by atoms with Crippen LogP contribution in [0.3, 0.4) is 0 Å². The number of anilines is 3. The van der Waals surface area contributed by atoms with Gasteiger partial charge in [0, 0.05) is 24.3 Å². The normalized spacial score (nSPS) is 13.6. The fourth-order valence-electron chi connectivity index (χ4n) is 2.60. The van der Waals surface area contributed by atoms with Gasteiger partial charge in [-0.05, 0) is 36.8 Å². The number of nitrogens with zero attached hydrogens (tertiary/aromatic N) is 1. The van der Waals surface area contributed by atoms with Crippen LogP contribution in [-0.4, -0.2) is 24.3 Å². The highest BCUT2D eigenvalue weighted by Crippen LogP contribution is 2.24. The third-order valence-electron chi connectivity index (χ3n) is 3.82. The molecule has 1 saturated heterocycles. The number of hydrogen-bond acceptors (Lipinski definition) is 3. The molecule has 0 saturated carbocycles. The molecule has 0 radical (unpaired) electrons. The smallest absolute Gasteiger partial charge is 0.314 e. The molecule has 1 heterocycles. The number of rotatable bonds is 3. The standard InChI is InChI=1S/C18H16FN3O3/c19-14-7-1-2-8-15(14)21-18(25)17(24)20-12-5-3-6-13(11-12)22-10-4-9-16(22)23/h1-3,5-8,11H,4,9-10H2,(H,20,24)(H,21,25). The lowest BCUT2D eigenvalue weighted by Gasteiger charge is -2.16. The molecule has 0 bridgehead atoms. The summed E-state index contributed by atoms with van der Waals surface area (Å²) in [4.78, 5) is 37.3. The first-order valence-corrected chi connectivity index (χ1v) is 7.82. The van der Waals surface area contributed by atoms with Crippen LogP contribution >= 0.6 is 0 Å². The fraction of sp³-hybridized carbons (Fsp3) is 0.167. The lowest BCUT2D eigenvalue weighted by Crippen LogP contribution is -2.29. The summed E-state index contributed by atoms with van der Waals surface area (Å²) in [5, 5.41) is 4.67. The molecule has 7 heteroatoms. The van der Waals surface area contributed by atoms with Crippen LogP contribution in [0.15, 0.2) is 48.5 Å². The molecule has 0 aliphatic carbocycles. The van der Waals surface area contributed by atoms with Crippen LogP contribution in [0, 0.1) is 5.82 Å². The first-order chi connectivity index (χ1) is 12.0. The molecule has 1 fully saturated rings. The SMILES string of the molecule is O=C(Nc1cccc(N2CCCC2=O)c1)C(=O)Nc1ccccc1F. The summed E-state index contributed by atoms with van der Waals surface area (Å²) in [5.41, 5.74) is 0.972. The Morgan fingerprint density at radius 3 is 2.48 bits per heavy atom. The molecule has 2 aromatic rings. The van der Waals surface area contributed by atoms with E-state index in [9.17, 15) is 18.8 Å². The van der Waals surface area contributed by atoms with Gasteiger partial charge in [0.1, 0.15) is 5.82 Å². The minimum absolute atomic E-state index is 0.0285. The summed E-state index contributed by atoms with van der Waals surface area (Å²) in [5.74, 6) is -2.50. The van der Waals surface area contributed by atoms with E-state index in [0.717, 1.165) is 6.42 Å². The Balaban J connectivity index is 1.67. The molecule has 1 aliphatic rings. The zero-order valence-corrected chi connectivity index (χ0v) is 13.3. The highest BCUT2D eigenvalue weighted by atomic mass is 19.1. The van der Waals surface area contributed by atoms with Gasteiger partial charge in [0.2, 0.25) is 5.91 Å². The van der Waals surface area contributed by atoms with E-state index < -0.39 is 17.6 Å². The van der Waals surface area contributed by atoms with Crippen molar-refractivity contribution in [1.29, 1.82) is 0 Å². The number of nitrogens with one attached hydrogen (secondary N) is 2. The van der Waals surface area contributed by atoms with Crippen LogP contribution in [0.4, 0.5) is 21.5 Å². The van der Waals surface area contributed by atoms with Gasteiger partial charge in [0.05, 0.1) is 5.69 Å². The van der Waals surface area contributed by atoms with Gasteiger partial charge >= 0.3 is 11.8 Å². The third-order valence-corrected chi connectivity index (χ3v) is 3.82. The molecule has 0 unspecified atom stereocenters. The topological polar surface area (TPSA) is 78.5 Å². The monoisotopic (exact) mass is 341 g/mol. The van der Waals surface area contributed by atoms with E-state index in [1.54, 1.807) is 35.2 Å². The summed E-state index contributed by atoms with van der Waals surface area (Å²) >= 11 is 0. The van der Waals surface area contributed by atoms with Crippen molar-refractivity contribution in [2.45, 2.75) is 12.8 Å². The molecule has 1 aliphatic heterocycles. The Morgan fingerprint density at radius 1 is 1.00 bits per heavy atom. The molecular formula is C18H16FN3O3. The average molecular weight is 341 g/mol. The van der Waals surface area contributed by atoms with Crippen molar-refractivity contribution in [3.05, 3.63) is 54.3 Å². The maximum Gasteiger partial charge on any atom is 0.314 e. The van der Waals surface area contributed by atoms with E-state index in [2.05, 4.69) is 10.6 Å². The van der Waals surface area contributed by atoms with Gasteiger partial charge in [0.25, 0.3) is 0 Å². The first-order valence-electron chi connectivity index (χ1n) is 7.82. The Morgan fingerprint density at radius 2 is 1.76 bits per heavy atom. The molecule has 0 aromatic heterocycles. The van der Waals surface area contributed by atoms with Crippen LogP contribution in [-0.2, 0) is 14.4 Å². The van der Waals surface area contributed by atoms with Crippen molar-refractivity contribution in [3.8, 4) is 0 Å². The average Bonchev–Trinajstić information content (AvgIpc) is 3.03. The first kappa shape index (κ1) is 16.6. The van der Waals surface area contributed by atoms with Crippen LogP contribution < -0.4 is 15.5 Å². The van der Waals surface area contributed by atoms with Crippen LogP contribution in [0.5, 0.6) is 0 Å². The molecule has 128 valence electrons. The second-order valence-electron chi connectivity index (χ2n) is 5.59. The molecule has 2 N–H and O–H groups in total. The predicted octanol–water partition coefficient (Wildman–Crippen LogP) is 2.53. The van der Waals surface area contributed by atoms with Gasteiger partial charge in [-0.2, -0.15) is 0 Å². The van der Waals surface area contributed by atoms with E-state index >= 15 is 0 Å². The Bertz CT molecular complexity index is 838. The van der Waals surface area contributed by atoms with E-state index in [4.69, 9.17) is 0 Å². The minimum Gasteiger partial charge on any atom is -0.318 e. The van der Waals surface area contributed by atoms with Gasteiger partial charge in [-0.3, -0.25) is 14.4 Å². The molecule has 3 amide bonds. The van der Waals surface area contributed by atoms with Crippen LogP contribution in [0.25, 0.3) is 0 Å². The number of para-hydroxylation sites is 1. The summed E-state index contributed by atoms with van der Waals surface area (Å²) < 4.78 is 13.5. The number of benzene rings is 2. The zero-order valence-electron chi connectivity index (χ0n) is 13.3. The summed E-state index contributed by atoms with van der Waals surface area (Å²) in [7, 11) is 0. The second-order valence-corrected chi connectivity index (χ2v) is 5.59. The van der Waals surface area contributed by atoms with Crippen molar-refractivity contribution < 1.29 is 18.8 Å². The number of carbonyl (C=O) groups excluding carboxylic acids is 3. The van der Waals surface area contributed by atoms with Gasteiger partial charge in [-0.1, -0.05) is 18.2 Å². The van der Waals surface area contributed by atoms with Gasteiger partial charge in [-0.25, -0.2) is 4.39 Å². The number of hydrogen-bond donors (Lipinski definition) is 2. The van der Waals surface area contributed by atoms with E-state index in [1.165, 1.54) is 18.2 Å². The Kier molecular flexibility index (Phi) is 4.74. The summed E-state index contributed by atoms with van der Waals surface area (Å²) in [6.07, 6.45) is 1.29. The second kappa shape index (κ2) is 7.12. The van der Waals surface area contributed by atoms with Gasteiger partial charge in [0.15, 0.2) is 0 Å². The van der Waals surface area contributed by atoms with Crippen molar-refractivity contribution >= 4 is 34.8 Å². The molecule has 0 atom stereocenters. The fourth-order valence-corrected chi connectivity index (χ4v) is 2.60. The highest BCUT2D eigenvalue weighted by molar-refractivity contribution is 6.43. The van der Waals surface area contributed by atoms with Crippen molar-refractivity contribution in [3.63, 3.8) is 0 Å². The van der Waals surface area contributed by atoms with E-state index in [-0.39, 0.29) is 11.6 Å². The Labute approximate surface area is 143 Å². The number of halogens is 1. The van der Waals surface area contributed by atoms with Gasteiger partial charge < -0.3 is 15.5 Å². The van der Waals surface area contributed by atoms with Gasteiger partial charge in [-0.15, -0.1) is 0 Å². The molecule has 0 spiro atoms. The number of amides is 3. The minimum atomic E-state index is -0.979. The molecule has 3 rings (SSSR count). The quantitative estimate of drug-likeness (QED) is 0.842. The van der Waals surface area contributed by atoms with Crippen molar-refractivity contribution in [2.75, 3.05) is 22.1 Å². The molecule has 25 heavy (non-hydrogen) atoms. The lowest BCUT2D eigenvalue weighted by molar-refractivity contribution is -0.133. The van der Waals surface area contributed by atoms with Crippen LogP contribution in [0.2, 0.25) is 0 Å². The van der Waals surface area contributed by atoms with E-state index in [0.29, 0.717) is 24.3 Å². The molecule has 2 aromatic carbocycles. The van der Waals surface area contributed by atoms with E-state index in [1.807, 2.05) is 0 Å². The zero-order chi connectivity index (χ0) is 17.8. The maximum absolute atomic E-state index is 13.5. The Hall–Kier alpha value is -3.22. The summed E-state index contributed by atoms with van der Waals surface area (Å²) in [6.45, 7) is 0.629. The summed E-state index contributed by atoms with van der Waals surface area (Å²) in [6, 6.07) is 12.3. The molecule has 6 nitrogen and oxygen atoms in total. The van der Waals surface area contributed by atoms with Crippen LogP contribution in [0.1, 0.15) is 12.8 Å². The molecular weight excluding hydrogens is 325 g/mol.